The molecule has 538 valence electrons. The van der Waals surface area contributed by atoms with Gasteiger partial charge in [0, 0.05) is 91.5 Å². The summed E-state index contributed by atoms with van der Waals surface area (Å²) in [6.45, 7) is 16.0. The van der Waals surface area contributed by atoms with Crippen LogP contribution in [0.4, 0.5) is 0 Å². The van der Waals surface area contributed by atoms with Gasteiger partial charge in [-0.3, -0.25) is 4.57 Å². The standard InChI is InChI=1S/C48H30N2S.C39H25N5.C2H6.8CH3B/c1-5-22-43-37(16-1)38-17-2-6-23-44(38)50(43)35-26-27-46-42(30-35)39-18-3-7-24-45(39)49(46)34-15-10-13-32(29-34)31-12-9-14-33(28-31)36-20-11-21-41-40-19-4-8-25-47(40)51-48(36)41;1-4-14-26(15-5-1)37-40-38(27-16-6-2-7-17-27)42-39(41-37)44-34-23-13-11-21-30(34)32-25-24-31-29-20-10-12-22-33(29)43(35(31)36(32)44)28-18-8-3-9-19-28;9*1-2/h1-30H;1-25H;1-2H3;8*1H3. The molecule has 0 spiro atoms. The maximum atomic E-state index is 5.17. The van der Waals surface area contributed by atoms with Crippen molar-refractivity contribution in [2.45, 2.75) is 68.4 Å². The van der Waals surface area contributed by atoms with Gasteiger partial charge in [0.1, 0.15) is 0 Å². The lowest BCUT2D eigenvalue weighted by atomic mass is 9.97. The fourth-order valence-corrected chi connectivity index (χ4v) is 15.9. The van der Waals surface area contributed by atoms with Crippen LogP contribution in [0.1, 0.15) is 13.8 Å². The molecule has 6 aromatic heterocycles. The molecule has 0 bridgehead atoms. The van der Waals surface area contributed by atoms with Gasteiger partial charge in [-0.2, -0.15) is 9.97 Å². The number of hydrogen-bond donors (Lipinski definition) is 0. The fraction of sp³-hybridized carbons (Fsp3) is 0.103. The molecule has 0 aliphatic carbocycles. The molecule has 16 heteroatoms. The predicted octanol–water partition coefficient (Wildman–Crippen LogP) is 25.6. The first-order chi connectivity index (χ1) is 56.1. The van der Waals surface area contributed by atoms with Crippen LogP contribution in [0.25, 0.3) is 175 Å². The second-order valence-corrected chi connectivity index (χ2v) is 25.3. The number of benzene rings is 14. The number of fused-ring (bicyclic) bond motifs is 16. The molecule has 0 aliphatic rings. The normalized spacial score (nSPS) is 10.3. The first kappa shape index (κ1) is 83.5. The quantitative estimate of drug-likeness (QED) is 0.142. The maximum absolute atomic E-state index is 5.17. The molecule has 0 saturated heterocycles. The third kappa shape index (κ3) is 16.4. The molecule has 0 amide bonds. The van der Waals surface area contributed by atoms with Crippen molar-refractivity contribution < 1.29 is 0 Å². The van der Waals surface area contributed by atoms with Crippen molar-refractivity contribution in [3.05, 3.63) is 334 Å². The molecule has 6 heterocycles. The van der Waals surface area contributed by atoms with Crippen molar-refractivity contribution in [2.24, 2.45) is 0 Å². The Hall–Kier alpha value is -12.0. The van der Waals surface area contributed by atoms with Crippen LogP contribution < -0.4 is 0 Å². The molecule has 0 N–H and O–H groups in total. The second kappa shape index (κ2) is 40.8. The number of rotatable bonds is 8. The van der Waals surface area contributed by atoms with E-state index < -0.39 is 0 Å². The van der Waals surface area contributed by atoms with Gasteiger partial charge in [0.25, 0.3) is 0 Å². The topological polar surface area (TPSA) is 58.4 Å². The third-order valence-electron chi connectivity index (χ3n) is 18.9. The minimum atomic E-state index is 0.585. The second-order valence-electron chi connectivity index (χ2n) is 24.2. The molecule has 113 heavy (non-hydrogen) atoms. The maximum Gasteiger partial charge on any atom is 0.238 e. The number of aromatic nitrogens is 7. The first-order valence-corrected chi connectivity index (χ1v) is 38.6. The fourth-order valence-electron chi connectivity index (χ4n) is 14.7. The van der Waals surface area contributed by atoms with E-state index in [0.717, 1.165) is 55.3 Å². The molecule has 0 saturated carbocycles. The minimum absolute atomic E-state index is 0.585. The van der Waals surface area contributed by atoms with E-state index in [1.54, 1.807) is 0 Å². The van der Waals surface area contributed by atoms with Crippen molar-refractivity contribution in [3.8, 4) is 68.0 Å². The van der Waals surface area contributed by atoms with Crippen LogP contribution in [0.2, 0.25) is 54.6 Å². The van der Waals surface area contributed by atoms with E-state index in [9.17, 15) is 0 Å². The third-order valence-corrected chi connectivity index (χ3v) is 20.1. The molecule has 0 atom stereocenters. The first-order valence-electron chi connectivity index (χ1n) is 37.8. The lowest BCUT2D eigenvalue weighted by molar-refractivity contribution is 0.953. The van der Waals surface area contributed by atoms with Crippen LogP contribution in [0.15, 0.2) is 334 Å². The van der Waals surface area contributed by atoms with Crippen molar-refractivity contribution in [2.75, 3.05) is 0 Å². The van der Waals surface area contributed by atoms with Gasteiger partial charge < -0.3 is 13.7 Å². The Balaban J connectivity index is 0.000000202. The summed E-state index contributed by atoms with van der Waals surface area (Å²) >= 11 is 1.88. The molecule has 20 aromatic rings. The highest BCUT2D eigenvalue weighted by atomic mass is 32.1. The Morgan fingerprint density at radius 3 is 1.06 bits per heavy atom. The van der Waals surface area contributed by atoms with Gasteiger partial charge >= 0.3 is 0 Å². The summed E-state index contributed by atoms with van der Waals surface area (Å²) in [5.41, 5.74) is 19.5. The largest absolute Gasteiger partial charge is 0.309 e. The summed E-state index contributed by atoms with van der Waals surface area (Å²) in [7, 11) is 36.0. The summed E-state index contributed by atoms with van der Waals surface area (Å²) in [4.78, 5) is 15.3. The smallest absolute Gasteiger partial charge is 0.238 e. The Morgan fingerprint density at radius 2 is 0.558 bits per heavy atom. The number of hydrogen-bond acceptors (Lipinski definition) is 4. The Morgan fingerprint density at radius 1 is 0.221 bits per heavy atom. The highest BCUT2D eigenvalue weighted by molar-refractivity contribution is 7.26. The summed E-state index contributed by atoms with van der Waals surface area (Å²) in [6, 6.07) is 119. The molecule has 0 fully saturated rings. The van der Waals surface area contributed by atoms with Gasteiger partial charge in [0.2, 0.25) is 5.95 Å². The van der Waals surface area contributed by atoms with E-state index in [-0.39, 0.29) is 0 Å². The predicted molar refractivity (Wildman–Crippen MR) is 503 cm³/mol. The highest BCUT2D eigenvalue weighted by Gasteiger charge is 2.24. The van der Waals surface area contributed by atoms with Gasteiger partial charge in [0.15, 0.2) is 11.6 Å². The van der Waals surface area contributed by atoms with Gasteiger partial charge in [-0.05, 0) is 107 Å². The van der Waals surface area contributed by atoms with Crippen molar-refractivity contribution in [1.82, 2.24) is 33.2 Å². The zero-order valence-electron chi connectivity index (χ0n) is 65.9. The Labute approximate surface area is 680 Å². The lowest BCUT2D eigenvalue weighted by Crippen LogP contribution is -2.07. The highest BCUT2D eigenvalue weighted by Crippen LogP contribution is 2.45. The Bertz CT molecular complexity index is 6340. The average Bonchev–Trinajstić information content (AvgIpc) is 1.55. The van der Waals surface area contributed by atoms with E-state index in [0.29, 0.717) is 17.6 Å². The van der Waals surface area contributed by atoms with Crippen molar-refractivity contribution in [3.63, 3.8) is 0 Å². The van der Waals surface area contributed by atoms with Crippen LogP contribution in [-0.2, 0) is 0 Å². The van der Waals surface area contributed by atoms with Gasteiger partial charge in [0.05, 0.1) is 107 Å². The van der Waals surface area contributed by atoms with Crippen molar-refractivity contribution >= 4 is 182 Å². The molecule has 0 unspecified atom stereocenters. The average molecular weight is 1470 g/mol. The van der Waals surface area contributed by atoms with E-state index in [2.05, 4.69) is 354 Å². The van der Waals surface area contributed by atoms with Gasteiger partial charge in [-0.25, -0.2) is 4.98 Å². The lowest BCUT2D eigenvalue weighted by Gasteiger charge is -2.13. The van der Waals surface area contributed by atoms with E-state index >= 15 is 0 Å². The van der Waals surface area contributed by atoms with Crippen LogP contribution in [-0.4, -0.2) is 96.0 Å². The summed E-state index contributed by atoms with van der Waals surface area (Å²) < 4.78 is 12.1. The number of para-hydroxylation sites is 6. The molecule has 20 rings (SSSR count). The zero-order chi connectivity index (χ0) is 80.5. The summed E-state index contributed by atoms with van der Waals surface area (Å²) in [5.74, 6) is 1.86. The zero-order valence-corrected chi connectivity index (χ0v) is 66.7. The number of nitrogens with zero attached hydrogens (tertiary/aromatic N) is 7. The molecular formula is C97H85B8N7S. The monoisotopic (exact) mass is 1470 g/mol. The number of thiophene rings is 1. The van der Waals surface area contributed by atoms with Crippen molar-refractivity contribution in [1.29, 1.82) is 0 Å². The minimum Gasteiger partial charge on any atom is -0.309 e. The van der Waals surface area contributed by atoms with Crippen LogP contribution in [0, 0.1) is 0 Å². The summed E-state index contributed by atoms with van der Waals surface area (Å²) in [6.07, 6.45) is 0. The van der Waals surface area contributed by atoms with E-state index in [1.807, 2.05) is 85.8 Å². The van der Waals surface area contributed by atoms with Gasteiger partial charge in [-0.1, -0.05) is 317 Å². The molecule has 7 nitrogen and oxygen atoms in total. The van der Waals surface area contributed by atoms with Crippen LogP contribution >= 0.6 is 11.3 Å². The SMILES string of the molecule is CC.[B]C.[B]C.[B]C.[B]C.[B]C.[B]C.[B]C.[B]C.c1cc(-c2cccc(-n3c4ccccc4c4cc(-n5c6ccccc6c6ccccc65)ccc43)c2)cc(-c2cccc3c2sc2ccccc23)c1.c1ccc(-c2nc(-c3ccccc3)nc(-n3c4ccccc4c4ccc5c6ccccc6n(-c6ccccc6)c5c43)n2)cc1. The molecular weight excluding hydrogens is 1380 g/mol. The molecule has 14 aromatic carbocycles. The summed E-state index contributed by atoms with van der Waals surface area (Å²) in [5, 5.41) is 12.4. The van der Waals surface area contributed by atoms with E-state index in [4.69, 9.17) is 15.0 Å². The molecule has 16 radical (unpaired) electrons. The van der Waals surface area contributed by atoms with Crippen LogP contribution in [0.5, 0.6) is 0 Å². The Kier molecular flexibility index (Phi) is 30.2. The molecule has 0 aliphatic heterocycles. The van der Waals surface area contributed by atoms with Crippen LogP contribution in [0.3, 0.4) is 0 Å². The van der Waals surface area contributed by atoms with E-state index in [1.165, 1.54) is 157 Å². The van der Waals surface area contributed by atoms with Gasteiger partial charge in [-0.15, -0.1) is 11.3 Å².